The molecule has 0 bridgehead atoms. The van der Waals surface area contributed by atoms with Crippen LogP contribution in [0.15, 0.2) is 24.3 Å². The zero-order valence-corrected chi connectivity index (χ0v) is 9.56. The maximum absolute atomic E-state index is 6.11. The van der Waals surface area contributed by atoms with Crippen molar-refractivity contribution in [3.63, 3.8) is 0 Å². The van der Waals surface area contributed by atoms with Gasteiger partial charge in [-0.1, -0.05) is 23.7 Å². The fourth-order valence-corrected chi connectivity index (χ4v) is 2.15. The molecule has 1 unspecified atom stereocenters. The molecule has 1 fully saturated rings. The topological polar surface area (TPSA) is 24.1 Å². The van der Waals surface area contributed by atoms with Crippen LogP contribution in [0.3, 0.4) is 0 Å². The van der Waals surface area contributed by atoms with Crippen LogP contribution in [0.5, 0.6) is 0 Å². The van der Waals surface area contributed by atoms with Gasteiger partial charge in [0.2, 0.25) is 0 Å². The van der Waals surface area contributed by atoms with Crippen molar-refractivity contribution in [3.8, 4) is 0 Å². The van der Waals surface area contributed by atoms with Crippen LogP contribution in [0.25, 0.3) is 0 Å². The maximum Gasteiger partial charge on any atom is 0.0637 e. The molecular weight excluding hydrogens is 208 g/mol. The fraction of sp³-hybridized carbons (Fsp3) is 0.500. The number of benzene rings is 1. The summed E-state index contributed by atoms with van der Waals surface area (Å²) in [4.78, 5) is 0. The molecule has 15 heavy (non-hydrogen) atoms. The SMILES string of the molecule is Clc1ccccc1NC1CCCNCC1. The van der Waals surface area contributed by atoms with Crippen LogP contribution in [0.2, 0.25) is 5.02 Å². The van der Waals surface area contributed by atoms with Crippen molar-refractivity contribution < 1.29 is 0 Å². The van der Waals surface area contributed by atoms with Gasteiger partial charge in [0.1, 0.15) is 0 Å². The largest absolute Gasteiger partial charge is 0.381 e. The molecule has 3 heteroatoms. The Morgan fingerprint density at radius 2 is 2.07 bits per heavy atom. The fourth-order valence-electron chi connectivity index (χ4n) is 1.96. The van der Waals surface area contributed by atoms with Crippen molar-refractivity contribution in [1.82, 2.24) is 5.32 Å². The van der Waals surface area contributed by atoms with Gasteiger partial charge < -0.3 is 10.6 Å². The van der Waals surface area contributed by atoms with Crippen molar-refractivity contribution in [2.24, 2.45) is 0 Å². The first-order valence-electron chi connectivity index (χ1n) is 5.58. The van der Waals surface area contributed by atoms with E-state index in [-0.39, 0.29) is 0 Å². The number of para-hydroxylation sites is 1. The summed E-state index contributed by atoms with van der Waals surface area (Å²) in [6.07, 6.45) is 3.63. The molecule has 1 aliphatic heterocycles. The average Bonchev–Trinajstić information content (AvgIpc) is 2.50. The molecule has 0 spiro atoms. The molecule has 1 aliphatic rings. The third kappa shape index (κ3) is 3.11. The summed E-state index contributed by atoms with van der Waals surface area (Å²) >= 11 is 6.11. The van der Waals surface area contributed by atoms with Gasteiger partial charge in [-0.15, -0.1) is 0 Å². The second-order valence-corrected chi connectivity index (χ2v) is 4.41. The Bertz CT molecular complexity index is 306. The van der Waals surface area contributed by atoms with Crippen LogP contribution in [-0.2, 0) is 0 Å². The minimum atomic E-state index is 0.555. The minimum absolute atomic E-state index is 0.555. The summed E-state index contributed by atoms with van der Waals surface area (Å²) in [5.41, 5.74) is 1.06. The monoisotopic (exact) mass is 224 g/mol. The molecule has 0 radical (unpaired) electrons. The lowest BCUT2D eigenvalue weighted by atomic mass is 10.1. The average molecular weight is 225 g/mol. The van der Waals surface area contributed by atoms with Gasteiger partial charge in [0.05, 0.1) is 10.7 Å². The molecule has 0 saturated carbocycles. The first-order chi connectivity index (χ1) is 7.36. The molecule has 2 nitrogen and oxygen atoms in total. The van der Waals surface area contributed by atoms with Crippen LogP contribution < -0.4 is 10.6 Å². The first-order valence-corrected chi connectivity index (χ1v) is 5.96. The highest BCUT2D eigenvalue weighted by molar-refractivity contribution is 6.33. The number of halogens is 1. The third-order valence-electron chi connectivity index (χ3n) is 2.81. The summed E-state index contributed by atoms with van der Waals surface area (Å²) in [6, 6.07) is 8.50. The number of nitrogens with one attached hydrogen (secondary N) is 2. The Labute approximate surface area is 96.0 Å². The van der Waals surface area contributed by atoms with Gasteiger partial charge in [-0.25, -0.2) is 0 Å². The molecule has 1 saturated heterocycles. The molecule has 0 amide bonds. The summed E-state index contributed by atoms with van der Waals surface area (Å²) in [6.45, 7) is 2.24. The third-order valence-corrected chi connectivity index (χ3v) is 3.14. The highest BCUT2D eigenvalue weighted by Crippen LogP contribution is 2.23. The normalized spacial score (nSPS) is 22.1. The van der Waals surface area contributed by atoms with Gasteiger partial charge in [0.15, 0.2) is 0 Å². The second-order valence-electron chi connectivity index (χ2n) is 4.00. The Kier molecular flexibility index (Phi) is 3.87. The van der Waals surface area contributed by atoms with Crippen LogP contribution in [-0.4, -0.2) is 19.1 Å². The van der Waals surface area contributed by atoms with Crippen molar-refractivity contribution in [2.75, 3.05) is 18.4 Å². The van der Waals surface area contributed by atoms with Gasteiger partial charge >= 0.3 is 0 Å². The van der Waals surface area contributed by atoms with E-state index in [2.05, 4.69) is 10.6 Å². The zero-order chi connectivity index (χ0) is 10.5. The molecule has 82 valence electrons. The van der Waals surface area contributed by atoms with Crippen molar-refractivity contribution in [1.29, 1.82) is 0 Å². The van der Waals surface area contributed by atoms with E-state index >= 15 is 0 Å². The van der Waals surface area contributed by atoms with Crippen LogP contribution in [0, 0.1) is 0 Å². The van der Waals surface area contributed by atoms with Crippen molar-refractivity contribution in [2.45, 2.75) is 25.3 Å². The van der Waals surface area contributed by atoms with E-state index in [1.807, 2.05) is 24.3 Å². The Hall–Kier alpha value is -0.730. The summed E-state index contributed by atoms with van der Waals surface area (Å²) in [5.74, 6) is 0. The lowest BCUT2D eigenvalue weighted by molar-refractivity contribution is 0.637. The Morgan fingerprint density at radius 3 is 2.93 bits per heavy atom. The molecule has 2 rings (SSSR count). The number of rotatable bonds is 2. The molecular formula is C12H17ClN2. The van der Waals surface area contributed by atoms with E-state index in [1.54, 1.807) is 0 Å². The van der Waals surface area contributed by atoms with Crippen molar-refractivity contribution >= 4 is 17.3 Å². The van der Waals surface area contributed by atoms with Gasteiger partial charge in [-0.2, -0.15) is 0 Å². The lowest BCUT2D eigenvalue weighted by Gasteiger charge is -2.18. The first kappa shape index (κ1) is 10.8. The Balaban J connectivity index is 1.98. The molecule has 2 N–H and O–H groups in total. The zero-order valence-electron chi connectivity index (χ0n) is 8.80. The predicted octanol–water partition coefficient (Wildman–Crippen LogP) is 2.89. The molecule has 1 aromatic carbocycles. The van der Waals surface area contributed by atoms with E-state index < -0.39 is 0 Å². The van der Waals surface area contributed by atoms with Crippen LogP contribution >= 0.6 is 11.6 Å². The minimum Gasteiger partial charge on any atom is -0.381 e. The number of hydrogen-bond acceptors (Lipinski definition) is 2. The number of anilines is 1. The summed E-state index contributed by atoms with van der Waals surface area (Å²) in [7, 11) is 0. The second kappa shape index (κ2) is 5.38. The quantitative estimate of drug-likeness (QED) is 0.807. The lowest BCUT2D eigenvalue weighted by Crippen LogP contribution is -2.21. The van der Waals surface area contributed by atoms with Gasteiger partial charge in [-0.3, -0.25) is 0 Å². The van der Waals surface area contributed by atoms with E-state index in [1.165, 1.54) is 19.3 Å². The van der Waals surface area contributed by atoms with Gasteiger partial charge in [0.25, 0.3) is 0 Å². The molecule has 0 aliphatic carbocycles. The van der Waals surface area contributed by atoms with E-state index in [0.717, 1.165) is 23.8 Å². The molecule has 0 aromatic heterocycles. The smallest absolute Gasteiger partial charge is 0.0637 e. The van der Waals surface area contributed by atoms with E-state index in [9.17, 15) is 0 Å². The molecule has 1 heterocycles. The highest BCUT2D eigenvalue weighted by atomic mass is 35.5. The summed E-state index contributed by atoms with van der Waals surface area (Å²) in [5, 5.41) is 7.74. The maximum atomic E-state index is 6.11. The van der Waals surface area contributed by atoms with Gasteiger partial charge in [-0.05, 0) is 44.5 Å². The standard InChI is InChI=1S/C12H17ClN2/c13-11-5-1-2-6-12(11)15-10-4-3-8-14-9-7-10/h1-2,5-6,10,14-15H,3-4,7-9H2. The van der Waals surface area contributed by atoms with Crippen molar-refractivity contribution in [3.05, 3.63) is 29.3 Å². The van der Waals surface area contributed by atoms with Crippen LogP contribution in [0.4, 0.5) is 5.69 Å². The Morgan fingerprint density at radius 1 is 1.20 bits per heavy atom. The number of hydrogen-bond donors (Lipinski definition) is 2. The predicted molar refractivity (Wildman–Crippen MR) is 65.6 cm³/mol. The highest BCUT2D eigenvalue weighted by Gasteiger charge is 2.12. The molecule has 1 aromatic rings. The van der Waals surface area contributed by atoms with E-state index in [0.29, 0.717) is 6.04 Å². The van der Waals surface area contributed by atoms with E-state index in [4.69, 9.17) is 11.6 Å². The van der Waals surface area contributed by atoms with Crippen LogP contribution in [0.1, 0.15) is 19.3 Å². The summed E-state index contributed by atoms with van der Waals surface area (Å²) < 4.78 is 0. The van der Waals surface area contributed by atoms with Gasteiger partial charge in [0, 0.05) is 6.04 Å². The molecule has 1 atom stereocenters.